The molecule has 2 fully saturated rings. The van der Waals surface area contributed by atoms with Crippen molar-refractivity contribution in [2.24, 2.45) is 5.92 Å². The zero-order valence-electron chi connectivity index (χ0n) is 19.9. The fourth-order valence-corrected chi connectivity index (χ4v) is 4.50. The zero-order valence-corrected chi connectivity index (χ0v) is 19.9. The summed E-state index contributed by atoms with van der Waals surface area (Å²) in [4.78, 5) is 18.0. The number of nitrogens with zero attached hydrogens (tertiary/aromatic N) is 2. The molecule has 4 rings (SSSR count). The average Bonchev–Trinajstić information content (AvgIpc) is 3.65. The van der Waals surface area contributed by atoms with Gasteiger partial charge in [-0.1, -0.05) is 18.7 Å². The summed E-state index contributed by atoms with van der Waals surface area (Å²) < 4.78 is 55.5. The van der Waals surface area contributed by atoms with Crippen molar-refractivity contribution in [2.45, 2.75) is 56.9 Å². The van der Waals surface area contributed by atoms with Crippen LogP contribution in [0.2, 0.25) is 0 Å². The molecule has 1 saturated carbocycles. The first-order chi connectivity index (χ1) is 16.6. The van der Waals surface area contributed by atoms with Crippen LogP contribution >= 0.6 is 0 Å². The standard InChI is InChI=1S/C26H32F4N4O/c1-16(26(28,29)30)24-19-7-5-8-22(33-23-11-13-34(2)15-21(23)27)20(19)14-18(32-24)6-3-4-12-31-25(35)17-9-10-17/h5,7-8,14,17,21,23,33H,1,3-4,6,9-13,15H2,2H3,(H,31,35)/t21-,23+/m0/s1. The van der Waals surface area contributed by atoms with E-state index in [1.165, 1.54) is 0 Å². The summed E-state index contributed by atoms with van der Waals surface area (Å²) in [6.07, 6.45) is -1.40. The van der Waals surface area contributed by atoms with Gasteiger partial charge in [0.1, 0.15) is 6.17 Å². The number of rotatable bonds is 9. The second-order valence-corrected chi connectivity index (χ2v) is 9.68. The van der Waals surface area contributed by atoms with Crippen LogP contribution in [-0.2, 0) is 11.2 Å². The van der Waals surface area contributed by atoms with E-state index in [4.69, 9.17) is 0 Å². The minimum atomic E-state index is -4.62. The molecule has 2 N–H and O–H groups in total. The number of amides is 1. The molecule has 1 aliphatic carbocycles. The van der Waals surface area contributed by atoms with Crippen molar-refractivity contribution in [1.29, 1.82) is 0 Å². The van der Waals surface area contributed by atoms with E-state index in [9.17, 15) is 22.4 Å². The van der Waals surface area contributed by atoms with Crippen molar-refractivity contribution in [3.05, 3.63) is 42.2 Å². The lowest BCUT2D eigenvalue weighted by atomic mass is 9.99. The number of halogens is 4. The summed E-state index contributed by atoms with van der Waals surface area (Å²) in [6, 6.07) is 6.39. The number of hydrogen-bond donors (Lipinski definition) is 2. The number of allylic oxidation sites excluding steroid dienone is 1. The third-order valence-electron chi connectivity index (χ3n) is 6.75. The number of benzene rings is 1. The maximum Gasteiger partial charge on any atom is 0.417 e. The van der Waals surface area contributed by atoms with Crippen LogP contribution in [0.1, 0.15) is 43.5 Å². The molecule has 9 heteroatoms. The molecule has 0 radical (unpaired) electrons. The number of carbonyl (C=O) groups excluding carboxylic acids is 1. The third-order valence-corrected chi connectivity index (χ3v) is 6.75. The summed E-state index contributed by atoms with van der Waals surface area (Å²) in [5.41, 5.74) is -0.0890. The highest BCUT2D eigenvalue weighted by Gasteiger charge is 2.35. The van der Waals surface area contributed by atoms with E-state index >= 15 is 0 Å². The highest BCUT2D eigenvalue weighted by molar-refractivity contribution is 6.00. The first-order valence-corrected chi connectivity index (χ1v) is 12.2. The summed E-state index contributed by atoms with van der Waals surface area (Å²) >= 11 is 0. The molecule has 2 atom stereocenters. The number of fused-ring (bicyclic) bond motifs is 1. The smallest absolute Gasteiger partial charge is 0.379 e. The van der Waals surface area contributed by atoms with Crippen LogP contribution in [0.5, 0.6) is 0 Å². The van der Waals surface area contributed by atoms with Crippen molar-refractivity contribution in [1.82, 2.24) is 15.2 Å². The number of piperidine rings is 1. The van der Waals surface area contributed by atoms with Crippen LogP contribution < -0.4 is 10.6 Å². The Kier molecular flexibility index (Phi) is 7.64. The quantitative estimate of drug-likeness (QED) is 0.377. The van der Waals surface area contributed by atoms with Gasteiger partial charge in [0, 0.05) is 47.7 Å². The largest absolute Gasteiger partial charge is 0.417 e. The summed E-state index contributed by atoms with van der Waals surface area (Å²) in [5, 5.41) is 7.05. The monoisotopic (exact) mass is 492 g/mol. The number of likely N-dealkylation sites (tertiary alicyclic amines) is 1. The molecular weight excluding hydrogens is 460 g/mol. The van der Waals surface area contributed by atoms with Crippen LogP contribution in [0.25, 0.3) is 16.3 Å². The number of hydrogen-bond acceptors (Lipinski definition) is 4. The topological polar surface area (TPSA) is 57.3 Å². The maximum atomic E-state index is 14.7. The molecule has 0 bridgehead atoms. The van der Waals surface area contributed by atoms with Crippen LogP contribution in [0.15, 0.2) is 30.8 Å². The van der Waals surface area contributed by atoms with Crippen molar-refractivity contribution in [2.75, 3.05) is 32.0 Å². The molecule has 0 spiro atoms. The molecule has 35 heavy (non-hydrogen) atoms. The van der Waals surface area contributed by atoms with E-state index in [2.05, 4.69) is 22.2 Å². The van der Waals surface area contributed by atoms with E-state index in [-0.39, 0.29) is 17.5 Å². The number of unbranched alkanes of at least 4 members (excludes halogenated alkanes) is 1. The molecule has 2 aliphatic rings. The lowest BCUT2D eigenvalue weighted by Gasteiger charge is -2.33. The highest BCUT2D eigenvalue weighted by Crippen LogP contribution is 2.37. The lowest BCUT2D eigenvalue weighted by molar-refractivity contribution is -0.122. The second kappa shape index (κ2) is 10.5. The number of alkyl halides is 4. The van der Waals surface area contributed by atoms with E-state index in [0.29, 0.717) is 60.9 Å². The van der Waals surface area contributed by atoms with E-state index in [1.807, 2.05) is 11.9 Å². The van der Waals surface area contributed by atoms with Gasteiger partial charge >= 0.3 is 6.18 Å². The fourth-order valence-electron chi connectivity index (χ4n) is 4.50. The summed E-state index contributed by atoms with van der Waals surface area (Å²) in [6.45, 7) is 4.86. The number of carbonyl (C=O) groups is 1. The van der Waals surface area contributed by atoms with E-state index in [0.717, 1.165) is 19.4 Å². The number of aryl methyl sites for hydroxylation is 1. The van der Waals surface area contributed by atoms with Gasteiger partial charge in [0.2, 0.25) is 5.91 Å². The molecule has 2 aromatic rings. The lowest BCUT2D eigenvalue weighted by Crippen LogP contribution is -2.46. The van der Waals surface area contributed by atoms with Gasteiger partial charge in [-0.2, -0.15) is 13.2 Å². The highest BCUT2D eigenvalue weighted by atomic mass is 19.4. The average molecular weight is 493 g/mol. The Morgan fingerprint density at radius 2 is 1.97 bits per heavy atom. The van der Waals surface area contributed by atoms with Crippen molar-refractivity contribution in [3.8, 4) is 0 Å². The predicted molar refractivity (Wildman–Crippen MR) is 130 cm³/mol. The molecule has 5 nitrogen and oxygen atoms in total. The number of pyridine rings is 1. The van der Waals surface area contributed by atoms with Gasteiger partial charge in [0.15, 0.2) is 0 Å². The van der Waals surface area contributed by atoms with Crippen LogP contribution in [0.3, 0.4) is 0 Å². The molecule has 1 amide bonds. The van der Waals surface area contributed by atoms with Gasteiger partial charge < -0.3 is 15.5 Å². The van der Waals surface area contributed by atoms with E-state index in [1.54, 1.807) is 24.3 Å². The minimum absolute atomic E-state index is 0.0772. The first kappa shape index (κ1) is 25.4. The molecule has 1 saturated heterocycles. The molecule has 1 aromatic carbocycles. The van der Waals surface area contributed by atoms with Crippen molar-refractivity contribution < 1.29 is 22.4 Å². The molecule has 1 aromatic heterocycles. The Hall–Kier alpha value is -2.68. The van der Waals surface area contributed by atoms with Crippen molar-refractivity contribution in [3.63, 3.8) is 0 Å². The maximum absolute atomic E-state index is 14.7. The molecular formula is C26H32F4N4O. The van der Waals surface area contributed by atoms with Gasteiger partial charge in [0.25, 0.3) is 0 Å². The molecule has 190 valence electrons. The number of nitrogens with one attached hydrogen (secondary N) is 2. The minimum Gasteiger partial charge on any atom is -0.379 e. The van der Waals surface area contributed by atoms with E-state index < -0.39 is 24.0 Å². The first-order valence-electron chi connectivity index (χ1n) is 12.2. The normalized spacial score (nSPS) is 21.2. The van der Waals surface area contributed by atoms with Gasteiger partial charge in [-0.15, -0.1) is 0 Å². The van der Waals surface area contributed by atoms with Gasteiger partial charge in [-0.25, -0.2) is 4.39 Å². The Balaban J connectivity index is 1.56. The zero-order chi connectivity index (χ0) is 25.2. The molecule has 1 aliphatic heterocycles. The van der Waals surface area contributed by atoms with Crippen molar-refractivity contribution >= 4 is 27.9 Å². The van der Waals surface area contributed by atoms with Crippen LogP contribution in [-0.4, -0.2) is 60.9 Å². The summed E-state index contributed by atoms with van der Waals surface area (Å²) in [7, 11) is 1.87. The Morgan fingerprint density at radius 1 is 1.20 bits per heavy atom. The van der Waals surface area contributed by atoms with Crippen LogP contribution in [0.4, 0.5) is 23.2 Å². The Bertz CT molecular complexity index is 1080. The number of anilines is 1. The predicted octanol–water partition coefficient (Wildman–Crippen LogP) is 5.11. The summed E-state index contributed by atoms with van der Waals surface area (Å²) in [5.74, 6) is 0.223. The SMILES string of the molecule is C=C(c1nc(CCCCNC(=O)C2CC2)cc2c(N[C@@H]3CCN(C)C[C@@H]3F)cccc12)C(F)(F)F. The fraction of sp³-hybridized carbons (Fsp3) is 0.538. The Morgan fingerprint density at radius 3 is 2.66 bits per heavy atom. The second-order valence-electron chi connectivity index (χ2n) is 9.68. The molecule has 2 heterocycles. The van der Waals surface area contributed by atoms with Gasteiger partial charge in [-0.3, -0.25) is 9.78 Å². The Labute approximate surface area is 203 Å². The van der Waals surface area contributed by atoms with Gasteiger partial charge in [-0.05, 0) is 57.7 Å². The van der Waals surface area contributed by atoms with Gasteiger partial charge in [0.05, 0.1) is 17.3 Å². The molecule has 0 unspecified atom stereocenters. The number of aromatic nitrogens is 1. The third kappa shape index (κ3) is 6.31. The van der Waals surface area contributed by atoms with Crippen LogP contribution in [0, 0.1) is 5.92 Å².